The number of benzene rings is 3. The van der Waals surface area contributed by atoms with E-state index < -0.39 is 10.0 Å². The summed E-state index contributed by atoms with van der Waals surface area (Å²) >= 11 is 6.24. The molecule has 0 saturated heterocycles. The van der Waals surface area contributed by atoms with E-state index in [1.54, 1.807) is 42.5 Å². The molecule has 0 aliphatic rings. The van der Waals surface area contributed by atoms with Crippen molar-refractivity contribution in [2.45, 2.75) is 82.4 Å². The zero-order valence-electron chi connectivity index (χ0n) is 22.2. The molecule has 0 bridgehead atoms. The SMILES string of the molecule is CCCCCCCCCCCCc1ccccc1S(=O)(=O)Nc1ccc(Cl)cc1C(=NO)c1ccccc1. The second-order valence-electron chi connectivity index (χ2n) is 9.65. The predicted octanol–water partition coefficient (Wildman–Crippen LogP) is 8.83. The van der Waals surface area contributed by atoms with E-state index in [-0.39, 0.29) is 10.6 Å². The van der Waals surface area contributed by atoms with Gasteiger partial charge >= 0.3 is 0 Å². The minimum atomic E-state index is -3.90. The lowest BCUT2D eigenvalue weighted by Crippen LogP contribution is -2.18. The lowest BCUT2D eigenvalue weighted by Gasteiger charge is -2.16. The number of halogens is 1. The van der Waals surface area contributed by atoms with E-state index in [0.29, 0.717) is 28.3 Å². The maximum Gasteiger partial charge on any atom is 0.262 e. The number of hydrogen-bond acceptors (Lipinski definition) is 4. The van der Waals surface area contributed by atoms with E-state index in [2.05, 4.69) is 16.8 Å². The Morgan fingerprint density at radius 3 is 2.08 bits per heavy atom. The van der Waals surface area contributed by atoms with Crippen molar-refractivity contribution < 1.29 is 13.6 Å². The number of hydrogen-bond donors (Lipinski definition) is 2. The number of aryl methyl sites for hydroxylation is 1. The van der Waals surface area contributed by atoms with Gasteiger partial charge in [0.2, 0.25) is 0 Å². The monoisotopic (exact) mass is 554 g/mol. The molecule has 0 saturated carbocycles. The van der Waals surface area contributed by atoms with Crippen LogP contribution in [0.3, 0.4) is 0 Å². The van der Waals surface area contributed by atoms with E-state index in [9.17, 15) is 13.6 Å². The van der Waals surface area contributed by atoms with Crippen molar-refractivity contribution in [1.82, 2.24) is 0 Å². The Kier molecular flexibility index (Phi) is 12.2. The highest BCUT2D eigenvalue weighted by atomic mass is 35.5. The Hall–Kier alpha value is -2.83. The summed E-state index contributed by atoms with van der Waals surface area (Å²) in [6.07, 6.45) is 13.0. The summed E-state index contributed by atoms with van der Waals surface area (Å²) in [5.41, 5.74) is 2.35. The molecule has 0 unspecified atom stereocenters. The van der Waals surface area contributed by atoms with Crippen molar-refractivity contribution >= 4 is 33.0 Å². The molecule has 0 amide bonds. The van der Waals surface area contributed by atoms with E-state index >= 15 is 0 Å². The number of rotatable bonds is 16. The predicted molar refractivity (Wildman–Crippen MR) is 158 cm³/mol. The van der Waals surface area contributed by atoms with Gasteiger partial charge in [-0.2, -0.15) is 0 Å². The largest absolute Gasteiger partial charge is 0.410 e. The fourth-order valence-electron chi connectivity index (χ4n) is 4.64. The maximum absolute atomic E-state index is 13.5. The van der Waals surface area contributed by atoms with E-state index in [1.165, 1.54) is 51.4 Å². The summed E-state index contributed by atoms with van der Waals surface area (Å²) in [5, 5.41) is 13.7. The molecule has 38 heavy (non-hydrogen) atoms. The van der Waals surface area contributed by atoms with Gasteiger partial charge in [-0.25, -0.2) is 8.42 Å². The van der Waals surface area contributed by atoms with Gasteiger partial charge in [0.05, 0.1) is 10.6 Å². The van der Waals surface area contributed by atoms with Crippen LogP contribution in [0.25, 0.3) is 0 Å². The Morgan fingerprint density at radius 2 is 1.42 bits per heavy atom. The molecule has 3 aromatic carbocycles. The number of anilines is 1. The summed E-state index contributed by atoms with van der Waals surface area (Å²) in [6.45, 7) is 2.24. The first-order valence-electron chi connectivity index (χ1n) is 13.6. The summed E-state index contributed by atoms with van der Waals surface area (Å²) in [7, 11) is -3.90. The fraction of sp³-hybridized carbons (Fsp3) is 0.387. The van der Waals surface area contributed by atoms with Crippen molar-refractivity contribution in [2.75, 3.05) is 4.72 Å². The molecule has 3 aromatic rings. The molecule has 0 aliphatic carbocycles. The number of nitrogens with zero attached hydrogens (tertiary/aromatic N) is 1. The number of unbranched alkanes of at least 4 members (excludes halogenated alkanes) is 9. The minimum absolute atomic E-state index is 0.226. The maximum atomic E-state index is 13.5. The quantitative estimate of drug-likeness (QED) is 0.0803. The Balaban J connectivity index is 1.68. The first kappa shape index (κ1) is 29.7. The third kappa shape index (κ3) is 8.88. The van der Waals surface area contributed by atoms with E-state index in [0.717, 1.165) is 18.4 Å². The van der Waals surface area contributed by atoms with Crippen molar-refractivity contribution in [1.29, 1.82) is 0 Å². The van der Waals surface area contributed by atoms with Gasteiger partial charge in [0, 0.05) is 16.1 Å². The summed E-state index contributed by atoms with van der Waals surface area (Å²) in [6, 6.07) is 21.0. The smallest absolute Gasteiger partial charge is 0.262 e. The Labute approximate surface area is 233 Å². The number of oxime groups is 1. The van der Waals surface area contributed by atoms with Crippen LogP contribution in [0.15, 0.2) is 82.8 Å². The topological polar surface area (TPSA) is 78.8 Å². The van der Waals surface area contributed by atoms with Crippen LogP contribution in [0.2, 0.25) is 5.02 Å². The van der Waals surface area contributed by atoms with E-state index in [1.807, 2.05) is 30.3 Å². The zero-order chi connectivity index (χ0) is 27.2. The number of nitrogens with one attached hydrogen (secondary N) is 1. The lowest BCUT2D eigenvalue weighted by atomic mass is 10.0. The van der Waals surface area contributed by atoms with Gasteiger partial charge in [-0.1, -0.05) is 130 Å². The van der Waals surface area contributed by atoms with Crippen molar-refractivity contribution in [3.8, 4) is 0 Å². The molecule has 204 valence electrons. The molecule has 7 heteroatoms. The highest BCUT2D eigenvalue weighted by molar-refractivity contribution is 7.92. The van der Waals surface area contributed by atoms with Gasteiger partial charge in [0.25, 0.3) is 10.0 Å². The van der Waals surface area contributed by atoms with Gasteiger partial charge in [0.15, 0.2) is 0 Å². The van der Waals surface area contributed by atoms with Crippen LogP contribution in [-0.2, 0) is 16.4 Å². The summed E-state index contributed by atoms with van der Waals surface area (Å²) in [5.74, 6) is 0. The fourth-order valence-corrected chi connectivity index (χ4v) is 6.16. The molecular formula is C31H39ClN2O3S. The van der Waals surface area contributed by atoms with Crippen LogP contribution in [0, 0.1) is 0 Å². The highest BCUT2D eigenvalue weighted by Gasteiger charge is 2.22. The highest BCUT2D eigenvalue weighted by Crippen LogP contribution is 2.28. The lowest BCUT2D eigenvalue weighted by molar-refractivity contribution is 0.319. The third-order valence-corrected chi connectivity index (χ3v) is 8.39. The molecular weight excluding hydrogens is 516 g/mol. The zero-order valence-corrected chi connectivity index (χ0v) is 23.8. The minimum Gasteiger partial charge on any atom is -0.410 e. The molecule has 0 radical (unpaired) electrons. The van der Waals surface area contributed by atoms with Crippen molar-refractivity contribution in [3.05, 3.63) is 94.5 Å². The van der Waals surface area contributed by atoms with Crippen LogP contribution in [-0.4, -0.2) is 19.3 Å². The second-order valence-corrected chi connectivity index (χ2v) is 11.7. The van der Waals surface area contributed by atoms with Gasteiger partial charge in [0.1, 0.15) is 5.71 Å². The van der Waals surface area contributed by atoms with Crippen molar-refractivity contribution in [3.63, 3.8) is 0 Å². The molecule has 2 N–H and O–H groups in total. The van der Waals surface area contributed by atoms with Gasteiger partial charge in [-0.15, -0.1) is 0 Å². The van der Waals surface area contributed by atoms with Gasteiger partial charge < -0.3 is 5.21 Å². The summed E-state index contributed by atoms with van der Waals surface area (Å²) in [4.78, 5) is 0.263. The molecule has 0 aliphatic heterocycles. The first-order chi connectivity index (χ1) is 18.5. The molecule has 0 heterocycles. The van der Waals surface area contributed by atoms with Crippen LogP contribution >= 0.6 is 11.6 Å². The van der Waals surface area contributed by atoms with Gasteiger partial charge in [-0.05, 0) is 42.7 Å². The molecule has 0 atom stereocenters. The van der Waals surface area contributed by atoms with Crippen LogP contribution < -0.4 is 4.72 Å². The van der Waals surface area contributed by atoms with Crippen LogP contribution in [0.4, 0.5) is 5.69 Å². The van der Waals surface area contributed by atoms with Crippen molar-refractivity contribution in [2.24, 2.45) is 5.16 Å². The van der Waals surface area contributed by atoms with Crippen LogP contribution in [0.5, 0.6) is 0 Å². The molecule has 5 nitrogen and oxygen atoms in total. The normalized spacial score (nSPS) is 12.0. The standard InChI is InChI=1S/C31H39ClN2O3S/c1-2-3-4-5-6-7-8-9-10-12-17-25-18-15-16-21-30(25)38(36,37)34-29-23-22-27(32)24-28(29)31(33-35)26-19-13-11-14-20-26/h11,13-16,18-24,34-35H,2-10,12,17H2,1H3. The molecule has 0 fully saturated rings. The third-order valence-electron chi connectivity index (χ3n) is 6.69. The Morgan fingerprint density at radius 1 is 0.816 bits per heavy atom. The number of sulfonamides is 1. The molecule has 0 aromatic heterocycles. The van der Waals surface area contributed by atoms with Gasteiger partial charge in [-0.3, -0.25) is 4.72 Å². The Bertz CT molecular complexity index is 1280. The second kappa shape index (κ2) is 15.6. The average molecular weight is 555 g/mol. The van der Waals surface area contributed by atoms with Crippen LogP contribution in [0.1, 0.15) is 87.8 Å². The molecule has 3 rings (SSSR count). The van der Waals surface area contributed by atoms with E-state index in [4.69, 9.17) is 11.6 Å². The average Bonchev–Trinajstić information content (AvgIpc) is 2.92. The summed E-state index contributed by atoms with van der Waals surface area (Å²) < 4.78 is 29.8. The molecule has 0 spiro atoms. The first-order valence-corrected chi connectivity index (χ1v) is 15.5.